The van der Waals surface area contributed by atoms with Crippen molar-refractivity contribution in [3.63, 3.8) is 0 Å². The fourth-order valence-corrected chi connectivity index (χ4v) is 6.09. The van der Waals surface area contributed by atoms with E-state index in [0.717, 1.165) is 77.7 Å². The molecule has 0 bridgehead atoms. The van der Waals surface area contributed by atoms with E-state index in [-0.39, 0.29) is 0 Å². The van der Waals surface area contributed by atoms with Crippen LogP contribution in [0.5, 0.6) is 0 Å². The lowest BCUT2D eigenvalue weighted by molar-refractivity contribution is 0.568. The second-order valence-electron chi connectivity index (χ2n) is 10.8. The van der Waals surface area contributed by atoms with Crippen molar-refractivity contribution in [3.8, 4) is 50.7 Å². The summed E-state index contributed by atoms with van der Waals surface area (Å²) >= 11 is 0. The maximum atomic E-state index is 6.20. The number of para-hydroxylation sites is 2. The van der Waals surface area contributed by atoms with Crippen molar-refractivity contribution in [2.45, 2.75) is 0 Å². The Hall–Kier alpha value is -6.14. The molecule has 9 aromatic rings. The molecule has 0 atom stereocenters. The number of hydrogen-bond acceptors (Lipinski definition) is 5. The van der Waals surface area contributed by atoms with Crippen LogP contribution in [0, 0.1) is 0 Å². The molecule has 6 nitrogen and oxygen atoms in total. The lowest BCUT2D eigenvalue weighted by atomic mass is 10.0. The molecule has 0 fully saturated rings. The van der Waals surface area contributed by atoms with Gasteiger partial charge in [0.15, 0.2) is 5.58 Å². The molecule has 208 valence electrons. The monoisotopic (exact) mass is 569 g/mol. The predicted molar refractivity (Wildman–Crippen MR) is 172 cm³/mol. The summed E-state index contributed by atoms with van der Waals surface area (Å²) in [5.74, 6) is 0.585. The Balaban J connectivity index is 1.36. The Morgan fingerprint density at radius 2 is 1.39 bits per heavy atom. The average Bonchev–Trinajstić information content (AvgIpc) is 3.90. The van der Waals surface area contributed by atoms with E-state index in [0.29, 0.717) is 5.89 Å². The lowest BCUT2D eigenvalue weighted by Crippen LogP contribution is -1.98. The van der Waals surface area contributed by atoms with Crippen molar-refractivity contribution in [1.82, 2.24) is 14.5 Å². The van der Waals surface area contributed by atoms with Crippen LogP contribution in [0.1, 0.15) is 0 Å². The first-order chi connectivity index (χ1) is 21.8. The van der Waals surface area contributed by atoms with Gasteiger partial charge in [-0.2, -0.15) is 0 Å². The van der Waals surface area contributed by atoms with Gasteiger partial charge in [-0.15, -0.1) is 0 Å². The summed E-state index contributed by atoms with van der Waals surface area (Å²) in [6.45, 7) is 0. The summed E-state index contributed by atoms with van der Waals surface area (Å²) in [4.78, 5) is 9.44. The van der Waals surface area contributed by atoms with E-state index in [1.54, 1.807) is 25.1 Å². The molecule has 0 aliphatic rings. The number of benzene rings is 4. The van der Waals surface area contributed by atoms with Gasteiger partial charge in [-0.05, 0) is 72.3 Å². The first kappa shape index (κ1) is 24.5. The van der Waals surface area contributed by atoms with Crippen LogP contribution in [0.25, 0.3) is 83.6 Å². The average molecular weight is 570 g/mol. The van der Waals surface area contributed by atoms with Crippen LogP contribution in [0.15, 0.2) is 154 Å². The van der Waals surface area contributed by atoms with Crippen molar-refractivity contribution >= 4 is 32.9 Å². The Kier molecular flexibility index (Phi) is 5.40. The van der Waals surface area contributed by atoms with Crippen LogP contribution in [0.2, 0.25) is 0 Å². The highest BCUT2D eigenvalue weighted by Gasteiger charge is 2.20. The maximum absolute atomic E-state index is 6.20. The molecule has 0 saturated carbocycles. The standard InChI is InChI=1S/C38H23N3O3/c1-2-7-37-33(6-1)40-38(44-37)26-9-12-30-31-19-24(27-14-17-42-22-27)10-13-34(31)41(36(30)21-26)35-20-25(32-5-3-4-16-39-32)8-11-29(35)28-15-18-43-23-28/h1-23H. The first-order valence-corrected chi connectivity index (χ1v) is 14.4. The zero-order valence-corrected chi connectivity index (χ0v) is 23.3. The molecule has 0 N–H and O–H groups in total. The Bertz CT molecular complexity index is 2400. The van der Waals surface area contributed by atoms with Crippen LogP contribution in [-0.4, -0.2) is 14.5 Å². The minimum Gasteiger partial charge on any atom is -0.472 e. The van der Waals surface area contributed by atoms with Gasteiger partial charge >= 0.3 is 0 Å². The molecule has 0 aliphatic carbocycles. The normalized spacial score (nSPS) is 11.6. The van der Waals surface area contributed by atoms with Crippen molar-refractivity contribution in [1.29, 1.82) is 0 Å². The van der Waals surface area contributed by atoms with Gasteiger partial charge in [-0.3, -0.25) is 4.98 Å². The van der Waals surface area contributed by atoms with Gasteiger partial charge in [0.1, 0.15) is 5.52 Å². The third-order valence-corrected chi connectivity index (χ3v) is 8.19. The molecule has 0 aliphatic heterocycles. The van der Waals surface area contributed by atoms with Gasteiger partial charge in [0, 0.05) is 44.8 Å². The van der Waals surface area contributed by atoms with Gasteiger partial charge in [-0.1, -0.05) is 42.5 Å². The zero-order valence-electron chi connectivity index (χ0n) is 23.3. The van der Waals surface area contributed by atoms with Gasteiger partial charge in [0.2, 0.25) is 5.89 Å². The Labute approximate surface area is 251 Å². The summed E-state index contributed by atoms with van der Waals surface area (Å²) in [6, 6.07) is 37.2. The molecule has 9 rings (SSSR count). The summed E-state index contributed by atoms with van der Waals surface area (Å²) in [5, 5.41) is 2.25. The highest BCUT2D eigenvalue weighted by Crippen LogP contribution is 2.41. The van der Waals surface area contributed by atoms with Crippen LogP contribution in [-0.2, 0) is 0 Å². The second-order valence-corrected chi connectivity index (χ2v) is 10.8. The van der Waals surface area contributed by atoms with E-state index in [9.17, 15) is 0 Å². The van der Waals surface area contributed by atoms with Gasteiger partial charge in [0.05, 0.1) is 47.5 Å². The SMILES string of the molecule is c1ccc(-c2ccc(-c3ccoc3)c(-n3c4ccc(-c5ccoc5)cc4c4ccc(-c5nc6ccccc6o5)cc43)c2)nc1. The number of aromatic nitrogens is 3. The number of rotatable bonds is 5. The summed E-state index contributed by atoms with van der Waals surface area (Å²) in [5.41, 5.74) is 11.7. The Morgan fingerprint density at radius 1 is 0.568 bits per heavy atom. The van der Waals surface area contributed by atoms with Crippen LogP contribution < -0.4 is 0 Å². The predicted octanol–water partition coefficient (Wildman–Crippen LogP) is 10.2. The highest BCUT2D eigenvalue weighted by molar-refractivity contribution is 6.12. The molecule has 4 aromatic carbocycles. The van der Waals surface area contributed by atoms with Gasteiger partial charge in [-0.25, -0.2) is 4.98 Å². The number of oxazole rings is 1. The van der Waals surface area contributed by atoms with Crippen LogP contribution in [0.4, 0.5) is 0 Å². The number of hydrogen-bond donors (Lipinski definition) is 0. The number of furan rings is 2. The van der Waals surface area contributed by atoms with Crippen LogP contribution in [0.3, 0.4) is 0 Å². The summed E-state index contributed by atoms with van der Waals surface area (Å²) < 4.78 is 19.5. The first-order valence-electron chi connectivity index (χ1n) is 14.4. The third-order valence-electron chi connectivity index (χ3n) is 8.19. The van der Waals surface area contributed by atoms with Crippen molar-refractivity contribution in [3.05, 3.63) is 140 Å². The summed E-state index contributed by atoms with van der Waals surface area (Å²) in [7, 11) is 0. The van der Waals surface area contributed by atoms with Crippen molar-refractivity contribution in [2.75, 3.05) is 0 Å². The molecular weight excluding hydrogens is 546 g/mol. The van der Waals surface area contributed by atoms with Crippen molar-refractivity contribution in [2.24, 2.45) is 0 Å². The molecule has 44 heavy (non-hydrogen) atoms. The molecule has 6 heteroatoms. The quantitative estimate of drug-likeness (QED) is 0.206. The van der Waals surface area contributed by atoms with E-state index < -0.39 is 0 Å². The number of fused-ring (bicyclic) bond motifs is 4. The minimum absolute atomic E-state index is 0.585. The van der Waals surface area contributed by atoms with E-state index in [1.165, 1.54) is 0 Å². The highest BCUT2D eigenvalue weighted by atomic mass is 16.3. The molecular formula is C38H23N3O3. The summed E-state index contributed by atoms with van der Waals surface area (Å²) in [6.07, 6.45) is 8.80. The molecule has 0 saturated heterocycles. The van der Waals surface area contributed by atoms with Crippen LogP contribution >= 0.6 is 0 Å². The molecule has 0 amide bonds. The minimum atomic E-state index is 0.585. The number of pyridine rings is 1. The fourth-order valence-electron chi connectivity index (χ4n) is 6.09. The maximum Gasteiger partial charge on any atom is 0.227 e. The molecule has 0 unspecified atom stereocenters. The molecule has 5 heterocycles. The fraction of sp³-hybridized carbons (Fsp3) is 0. The molecule has 5 aromatic heterocycles. The van der Waals surface area contributed by atoms with E-state index in [2.05, 4.69) is 64.1 Å². The van der Waals surface area contributed by atoms with Crippen molar-refractivity contribution < 1.29 is 13.3 Å². The van der Waals surface area contributed by atoms with E-state index in [1.807, 2.05) is 60.8 Å². The molecule has 0 radical (unpaired) electrons. The number of nitrogens with zero attached hydrogens (tertiary/aromatic N) is 3. The van der Waals surface area contributed by atoms with Gasteiger partial charge < -0.3 is 17.8 Å². The Morgan fingerprint density at radius 3 is 2.20 bits per heavy atom. The van der Waals surface area contributed by atoms with Gasteiger partial charge in [0.25, 0.3) is 0 Å². The largest absolute Gasteiger partial charge is 0.472 e. The second kappa shape index (κ2) is 9.71. The zero-order chi connectivity index (χ0) is 29.0. The topological polar surface area (TPSA) is 70.1 Å². The lowest BCUT2D eigenvalue weighted by Gasteiger charge is -2.15. The van der Waals surface area contributed by atoms with E-state index >= 15 is 0 Å². The third kappa shape index (κ3) is 3.89. The smallest absolute Gasteiger partial charge is 0.227 e. The van der Waals surface area contributed by atoms with E-state index in [4.69, 9.17) is 18.2 Å². The molecule has 0 spiro atoms.